The molecule has 0 fully saturated rings. The molecule has 1 nitrogen and oxygen atoms in total. The van der Waals surface area contributed by atoms with E-state index in [1.54, 1.807) is 133 Å². The molecule has 2 atom stereocenters. The van der Waals surface area contributed by atoms with Crippen LogP contribution in [0.4, 0.5) is 52.2 Å². The number of hydrogen-bond acceptors (Lipinski definition) is 1. The summed E-state index contributed by atoms with van der Waals surface area (Å²) < 4.78 is 132. The second-order valence-electron chi connectivity index (χ2n) is 20.2. The lowest BCUT2D eigenvalue weighted by molar-refractivity contribution is 0.426. The van der Waals surface area contributed by atoms with Gasteiger partial charge in [0, 0.05) is 40.3 Å². The van der Waals surface area contributed by atoms with E-state index >= 15 is 35.1 Å². The van der Waals surface area contributed by atoms with Crippen LogP contribution in [-0.2, 0) is 10.8 Å². The largest absolute Gasteiger partial charge is 0.310 e. The Morgan fingerprint density at radius 1 is 0.296 bits per heavy atom. The van der Waals surface area contributed by atoms with Gasteiger partial charge in [-0.2, -0.15) is 0 Å². The van der Waals surface area contributed by atoms with Gasteiger partial charge in [0.1, 0.15) is 0 Å². The van der Waals surface area contributed by atoms with Crippen molar-refractivity contribution < 1.29 is 35.1 Å². The van der Waals surface area contributed by atoms with E-state index in [9.17, 15) is 0 Å². The second-order valence-corrected chi connectivity index (χ2v) is 20.2. The molecular weight excluding hydrogens is 1030 g/mol. The Kier molecular flexibility index (Phi) is 12.2. The fraction of sp³-hybridized carbons (Fsp3) is 0.0278. The first-order valence-electron chi connectivity index (χ1n) is 26.1. The topological polar surface area (TPSA) is 3.24 Å². The van der Waals surface area contributed by atoms with Gasteiger partial charge in [0.2, 0.25) is 0 Å². The number of rotatable bonds is 11. The third-order valence-corrected chi connectivity index (χ3v) is 16.1. The van der Waals surface area contributed by atoms with E-state index < -0.39 is 68.5 Å². The van der Waals surface area contributed by atoms with E-state index in [-0.39, 0.29) is 23.3 Å². The van der Waals surface area contributed by atoms with Crippen molar-refractivity contribution in [1.29, 1.82) is 0 Å². The van der Waals surface area contributed by atoms with Gasteiger partial charge in [-0.05, 0) is 131 Å². The molecule has 2 aliphatic carbocycles. The molecule has 9 heteroatoms. The third kappa shape index (κ3) is 7.66. The smallest absolute Gasteiger partial charge is 0.166 e. The Morgan fingerprint density at radius 2 is 0.654 bits per heavy atom. The molecular formula is C72H43F8N. The van der Waals surface area contributed by atoms with Crippen molar-refractivity contribution in [3.8, 4) is 44.5 Å². The van der Waals surface area contributed by atoms with Crippen molar-refractivity contribution in [3.05, 3.63) is 340 Å². The fourth-order valence-electron chi connectivity index (χ4n) is 12.6. The molecule has 0 heterocycles. The molecule has 0 N–H and O–H groups in total. The van der Waals surface area contributed by atoms with Gasteiger partial charge >= 0.3 is 0 Å². The molecule has 2 unspecified atom stereocenters. The maximum absolute atomic E-state index is 17.1. The van der Waals surface area contributed by atoms with Crippen LogP contribution in [0.5, 0.6) is 0 Å². The summed E-state index contributed by atoms with van der Waals surface area (Å²) in [5.74, 6) is -12.7. The van der Waals surface area contributed by atoms with E-state index in [0.29, 0.717) is 72.7 Å². The van der Waals surface area contributed by atoms with Crippen LogP contribution in [0, 0.1) is 46.5 Å². The molecule has 0 aliphatic heterocycles. The quantitative estimate of drug-likeness (QED) is 0.0922. The second kappa shape index (κ2) is 19.5. The average molecular weight is 1070 g/mol. The standard InChI is InChI=1S/C72H43F8N/c1-3-42-24-28-48(29-25-42)71(65-67(77)61(73)40-62(74)68(65)78)57-22-10-8-20-53(57)55-34-32-51(38-59(55)71)81(50-19-13-18-47(37-50)46-17-12-16-45(36-46)44-14-6-5-7-15-44)52-33-35-56-54-21-9-11-23-58(54)72(60(56)39-52,49-30-26-43(4-2)27-31-49)66-69(79)63(75)41-64(76)70(66)80/h3-41H,1-2H2. The molecule has 2 aliphatic rings. The van der Waals surface area contributed by atoms with Gasteiger partial charge in [-0.1, -0.05) is 195 Å². The predicted molar refractivity (Wildman–Crippen MR) is 306 cm³/mol. The van der Waals surface area contributed by atoms with Crippen LogP contribution in [0.25, 0.3) is 56.7 Å². The fourth-order valence-corrected chi connectivity index (χ4v) is 12.6. The molecule has 0 spiro atoms. The Hall–Kier alpha value is -9.86. The zero-order valence-electron chi connectivity index (χ0n) is 42.9. The SMILES string of the molecule is C=Cc1ccc(C2(c3c(F)c(F)cc(F)c3F)c3ccccc3-c3ccc(N(c4cccc(-c5cccc(-c6ccccc6)c5)c4)c4ccc5c(c4)C(c4ccc(C=C)cc4)(c4c(F)c(F)cc(F)c4F)c4ccccc4-5)cc32)cc1. The average Bonchev–Trinajstić information content (AvgIpc) is 3.97. The molecule has 11 aromatic rings. The lowest BCUT2D eigenvalue weighted by Gasteiger charge is -2.36. The molecule has 81 heavy (non-hydrogen) atoms. The van der Waals surface area contributed by atoms with Gasteiger partial charge in [0.15, 0.2) is 46.5 Å². The number of fused-ring (bicyclic) bond motifs is 6. The van der Waals surface area contributed by atoms with Gasteiger partial charge in [-0.15, -0.1) is 0 Å². The summed E-state index contributed by atoms with van der Waals surface area (Å²) in [4.78, 5) is 1.87. The van der Waals surface area contributed by atoms with E-state index in [0.717, 1.165) is 22.3 Å². The van der Waals surface area contributed by atoms with Crippen LogP contribution in [0.1, 0.15) is 55.6 Å². The van der Waals surface area contributed by atoms with Crippen LogP contribution in [0.2, 0.25) is 0 Å². The van der Waals surface area contributed by atoms with Gasteiger partial charge in [-0.25, -0.2) is 35.1 Å². The van der Waals surface area contributed by atoms with E-state index in [1.165, 1.54) is 0 Å². The summed E-state index contributed by atoms with van der Waals surface area (Å²) in [5.41, 5.74) is 4.42. The van der Waals surface area contributed by atoms with Crippen LogP contribution in [-0.4, -0.2) is 0 Å². The first-order chi connectivity index (χ1) is 39.4. The zero-order valence-corrected chi connectivity index (χ0v) is 42.9. The van der Waals surface area contributed by atoms with Crippen LogP contribution < -0.4 is 4.90 Å². The monoisotopic (exact) mass is 1070 g/mol. The summed E-state index contributed by atoms with van der Waals surface area (Å²) in [6.07, 6.45) is 3.21. The minimum absolute atomic E-state index is 0.196. The van der Waals surface area contributed by atoms with Crippen molar-refractivity contribution in [2.45, 2.75) is 10.8 Å². The summed E-state index contributed by atoms with van der Waals surface area (Å²) in [7, 11) is 0. The molecule has 0 radical (unpaired) electrons. The third-order valence-electron chi connectivity index (χ3n) is 16.1. The predicted octanol–water partition coefficient (Wildman–Crippen LogP) is 19.6. The van der Waals surface area contributed by atoms with Crippen molar-refractivity contribution >= 4 is 29.2 Å². The molecule has 13 rings (SSSR count). The summed E-state index contributed by atoms with van der Waals surface area (Å²) in [6.45, 7) is 7.78. The first kappa shape index (κ1) is 50.6. The van der Waals surface area contributed by atoms with Crippen LogP contribution in [0.3, 0.4) is 0 Å². The van der Waals surface area contributed by atoms with Crippen LogP contribution in [0.15, 0.2) is 238 Å². The van der Waals surface area contributed by atoms with Crippen molar-refractivity contribution in [2.24, 2.45) is 0 Å². The maximum Gasteiger partial charge on any atom is 0.166 e. The number of halogens is 8. The van der Waals surface area contributed by atoms with Crippen molar-refractivity contribution in [1.82, 2.24) is 0 Å². The molecule has 0 saturated heterocycles. The zero-order chi connectivity index (χ0) is 55.9. The van der Waals surface area contributed by atoms with Gasteiger partial charge in [0.25, 0.3) is 0 Å². The number of anilines is 3. The molecule has 11 aromatic carbocycles. The summed E-state index contributed by atoms with van der Waals surface area (Å²) >= 11 is 0. The Labute approximate surface area is 462 Å². The normalized spacial score (nSPS) is 15.6. The molecule has 392 valence electrons. The Morgan fingerprint density at radius 3 is 1.10 bits per heavy atom. The highest BCUT2D eigenvalue weighted by atomic mass is 19.2. The van der Waals surface area contributed by atoms with Crippen molar-refractivity contribution in [3.63, 3.8) is 0 Å². The van der Waals surface area contributed by atoms with Gasteiger partial charge in [-0.3, -0.25) is 0 Å². The highest BCUT2D eigenvalue weighted by Crippen LogP contribution is 2.61. The molecule has 0 amide bonds. The minimum Gasteiger partial charge on any atom is -0.310 e. The minimum atomic E-state index is -2.03. The first-order valence-corrected chi connectivity index (χ1v) is 26.1. The lowest BCUT2D eigenvalue weighted by atomic mass is 9.67. The number of nitrogens with zero attached hydrogens (tertiary/aromatic N) is 1. The van der Waals surface area contributed by atoms with Gasteiger partial charge < -0.3 is 4.90 Å². The Bertz CT molecular complexity index is 4110. The number of benzene rings is 11. The van der Waals surface area contributed by atoms with E-state index in [4.69, 9.17) is 0 Å². The molecule has 0 saturated carbocycles. The van der Waals surface area contributed by atoms with Gasteiger partial charge in [0.05, 0.1) is 10.8 Å². The molecule has 0 aromatic heterocycles. The highest BCUT2D eigenvalue weighted by Gasteiger charge is 2.53. The lowest BCUT2D eigenvalue weighted by Crippen LogP contribution is -2.32. The number of hydrogen-bond donors (Lipinski definition) is 0. The van der Waals surface area contributed by atoms with E-state index in [1.807, 2.05) is 89.8 Å². The van der Waals surface area contributed by atoms with Crippen LogP contribution >= 0.6 is 0 Å². The highest BCUT2D eigenvalue weighted by molar-refractivity contribution is 5.93. The Balaban J connectivity index is 1.13. The van der Waals surface area contributed by atoms with Crippen molar-refractivity contribution in [2.75, 3.05) is 4.90 Å². The van der Waals surface area contributed by atoms with E-state index in [2.05, 4.69) is 19.2 Å². The summed E-state index contributed by atoms with van der Waals surface area (Å²) in [6, 6.07) is 64.0. The molecule has 0 bridgehead atoms. The summed E-state index contributed by atoms with van der Waals surface area (Å²) in [5, 5.41) is 0. The maximum atomic E-state index is 17.1.